The first-order chi connectivity index (χ1) is 9.82. The van der Waals surface area contributed by atoms with Gasteiger partial charge in [-0.1, -0.05) is 43.6 Å². The van der Waals surface area contributed by atoms with Gasteiger partial charge in [-0.05, 0) is 17.7 Å². The van der Waals surface area contributed by atoms with Crippen LogP contribution in [0.1, 0.15) is 24.2 Å². The number of nitrogens with zero attached hydrogens (tertiary/aromatic N) is 1. The molecule has 112 valence electrons. The molecule has 1 aliphatic heterocycles. The molecule has 1 aromatic carbocycles. The van der Waals surface area contributed by atoms with Crippen molar-refractivity contribution in [3.8, 4) is 0 Å². The third-order valence-corrected chi connectivity index (χ3v) is 3.78. The number of ketones is 1. The molecule has 0 fully saturated rings. The highest BCUT2D eigenvalue weighted by atomic mass is 35.5. The molecule has 0 aromatic heterocycles. The maximum Gasteiger partial charge on any atom is 0.299 e. The lowest BCUT2D eigenvalue weighted by molar-refractivity contribution is -0.114. The summed E-state index contributed by atoms with van der Waals surface area (Å²) in [6.45, 7) is 8.76. The smallest absolute Gasteiger partial charge is 0.299 e. The Kier molecular flexibility index (Phi) is 4.71. The van der Waals surface area contributed by atoms with Crippen molar-refractivity contribution in [3.63, 3.8) is 0 Å². The molecule has 6 heteroatoms. The molecule has 0 saturated heterocycles. The van der Waals surface area contributed by atoms with Crippen LogP contribution in [0, 0.1) is 0 Å². The second-order valence-corrected chi connectivity index (χ2v) is 6.07. The number of benzene rings is 1. The zero-order valence-electron chi connectivity index (χ0n) is 11.9. The van der Waals surface area contributed by atoms with Gasteiger partial charge in [0.2, 0.25) is 0 Å². The Morgan fingerprint density at radius 3 is 2.52 bits per heavy atom. The number of nitrogens with one attached hydrogen (secondary N) is 1. The quantitative estimate of drug-likeness (QED) is 0.668. The predicted octanol–water partition coefficient (Wildman–Crippen LogP) is 3.08. The van der Waals surface area contributed by atoms with Gasteiger partial charge < -0.3 is 5.32 Å². The lowest BCUT2D eigenvalue weighted by Crippen LogP contribution is -2.34. The number of carbonyl (C=O) groups excluding carboxylic acids is 2. The van der Waals surface area contributed by atoms with Gasteiger partial charge in [-0.2, -0.15) is 0 Å². The summed E-state index contributed by atoms with van der Waals surface area (Å²) in [7, 11) is 0. The lowest BCUT2D eigenvalue weighted by Gasteiger charge is -2.20. The highest BCUT2D eigenvalue weighted by Crippen LogP contribution is 2.40. The van der Waals surface area contributed by atoms with E-state index in [1.54, 1.807) is 6.07 Å². The van der Waals surface area contributed by atoms with E-state index in [1.165, 1.54) is 11.0 Å². The molecule has 1 aromatic rings. The molecular weight excluding hydrogens is 311 g/mol. The first-order valence-electron chi connectivity index (χ1n) is 6.57. The maximum absolute atomic E-state index is 12.1. The topological polar surface area (TPSA) is 49.4 Å². The number of rotatable bonds is 5. The zero-order chi connectivity index (χ0) is 15.7. The van der Waals surface area contributed by atoms with Gasteiger partial charge in [0.05, 0.1) is 21.3 Å². The number of hydrogen-bond acceptors (Lipinski definition) is 3. The molecule has 0 bridgehead atoms. The van der Waals surface area contributed by atoms with Crippen LogP contribution in [0.4, 0.5) is 5.69 Å². The maximum atomic E-state index is 12.1. The summed E-state index contributed by atoms with van der Waals surface area (Å²) in [5, 5.41) is 3.78. The minimum absolute atomic E-state index is 0.179. The van der Waals surface area contributed by atoms with E-state index in [4.69, 9.17) is 23.2 Å². The Morgan fingerprint density at radius 1 is 1.29 bits per heavy atom. The van der Waals surface area contributed by atoms with E-state index < -0.39 is 11.7 Å². The van der Waals surface area contributed by atoms with Crippen molar-refractivity contribution in [3.05, 3.63) is 39.9 Å². The van der Waals surface area contributed by atoms with Crippen molar-refractivity contribution in [2.24, 2.45) is 0 Å². The minimum Gasteiger partial charge on any atom is -0.311 e. The van der Waals surface area contributed by atoms with Gasteiger partial charge in [-0.15, -0.1) is 0 Å². The molecule has 0 unspecified atom stereocenters. The van der Waals surface area contributed by atoms with Crippen molar-refractivity contribution >= 4 is 40.6 Å². The summed E-state index contributed by atoms with van der Waals surface area (Å²) >= 11 is 12.1. The average Bonchev–Trinajstić information content (AvgIpc) is 2.67. The van der Waals surface area contributed by atoms with Crippen LogP contribution >= 0.6 is 23.2 Å². The monoisotopic (exact) mass is 326 g/mol. The minimum atomic E-state index is -0.623. The molecule has 0 radical (unpaired) electrons. The molecule has 1 aliphatic rings. The molecule has 0 spiro atoms. The van der Waals surface area contributed by atoms with Gasteiger partial charge >= 0.3 is 0 Å². The largest absolute Gasteiger partial charge is 0.311 e. The van der Waals surface area contributed by atoms with E-state index in [1.807, 2.05) is 13.8 Å². The molecule has 1 N–H and O–H groups in total. The molecule has 4 nitrogen and oxygen atoms in total. The summed E-state index contributed by atoms with van der Waals surface area (Å²) in [4.78, 5) is 25.5. The Morgan fingerprint density at radius 2 is 1.90 bits per heavy atom. The highest BCUT2D eigenvalue weighted by molar-refractivity contribution is 6.57. The molecule has 0 saturated carbocycles. The molecule has 1 amide bonds. The summed E-state index contributed by atoms with van der Waals surface area (Å²) in [6.07, 6.45) is 0. The number of hydrogen-bond donors (Lipinski definition) is 1. The Hall–Kier alpha value is -1.36. The van der Waals surface area contributed by atoms with Crippen molar-refractivity contribution in [2.75, 3.05) is 18.0 Å². The Labute approximate surface area is 133 Å². The summed E-state index contributed by atoms with van der Waals surface area (Å²) < 4.78 is 0. The second-order valence-electron chi connectivity index (χ2n) is 5.26. The highest BCUT2D eigenvalue weighted by Gasteiger charge is 2.39. The molecule has 21 heavy (non-hydrogen) atoms. The van der Waals surface area contributed by atoms with Gasteiger partial charge in [0.25, 0.3) is 11.7 Å². The zero-order valence-corrected chi connectivity index (χ0v) is 13.4. The average molecular weight is 327 g/mol. The first-order valence-corrected chi connectivity index (χ1v) is 7.32. The number of Topliss-reactive ketones (excluding diaryl/α,β-unsaturated/α-hetero) is 1. The van der Waals surface area contributed by atoms with E-state index in [0.29, 0.717) is 23.3 Å². The summed E-state index contributed by atoms with van der Waals surface area (Å²) in [6, 6.07) is 3.41. The van der Waals surface area contributed by atoms with Crippen LogP contribution in [0.2, 0.25) is 10.0 Å². The normalized spacial score (nSPS) is 14.0. The molecule has 0 atom stereocenters. The number of fused-ring (bicyclic) bond motifs is 1. The van der Waals surface area contributed by atoms with Gasteiger partial charge in [0.15, 0.2) is 0 Å². The van der Waals surface area contributed by atoms with E-state index in [9.17, 15) is 9.59 Å². The number of carbonyl (C=O) groups is 2. The fourth-order valence-electron chi connectivity index (χ4n) is 2.13. The van der Waals surface area contributed by atoms with Crippen LogP contribution in [0.3, 0.4) is 0 Å². The van der Waals surface area contributed by atoms with Crippen molar-refractivity contribution in [2.45, 2.75) is 19.9 Å². The fraction of sp³-hybridized carbons (Fsp3) is 0.333. The van der Waals surface area contributed by atoms with E-state index in [0.717, 1.165) is 5.57 Å². The van der Waals surface area contributed by atoms with Crippen LogP contribution in [0.5, 0.6) is 0 Å². The van der Waals surface area contributed by atoms with Crippen LogP contribution in [0.15, 0.2) is 24.3 Å². The van der Waals surface area contributed by atoms with Gasteiger partial charge in [0, 0.05) is 19.1 Å². The van der Waals surface area contributed by atoms with E-state index in [2.05, 4.69) is 11.9 Å². The van der Waals surface area contributed by atoms with Crippen LogP contribution in [-0.4, -0.2) is 30.8 Å². The fourth-order valence-corrected chi connectivity index (χ4v) is 2.63. The van der Waals surface area contributed by atoms with Crippen molar-refractivity contribution in [1.29, 1.82) is 0 Å². The summed E-state index contributed by atoms with van der Waals surface area (Å²) in [5.74, 6) is -1.24. The van der Waals surface area contributed by atoms with Crippen LogP contribution < -0.4 is 10.2 Å². The van der Waals surface area contributed by atoms with Gasteiger partial charge in [0.1, 0.15) is 0 Å². The number of halogens is 2. The lowest BCUT2D eigenvalue weighted by atomic mass is 10.1. The van der Waals surface area contributed by atoms with Gasteiger partial charge in [-0.3, -0.25) is 14.5 Å². The number of amides is 1. The van der Waals surface area contributed by atoms with E-state index in [-0.39, 0.29) is 17.1 Å². The number of anilines is 1. The predicted molar refractivity (Wildman–Crippen MR) is 85.4 cm³/mol. The molecule has 2 rings (SSSR count). The Bertz CT molecular complexity index is 626. The van der Waals surface area contributed by atoms with Crippen molar-refractivity contribution in [1.82, 2.24) is 5.32 Å². The third-order valence-electron chi connectivity index (χ3n) is 3.16. The van der Waals surface area contributed by atoms with Crippen LogP contribution in [0.25, 0.3) is 0 Å². The SMILES string of the molecule is C=C(CNC(C)C)CN1C(=O)C(=O)c2c(Cl)ccc(Cl)c21. The third kappa shape index (κ3) is 3.12. The van der Waals surface area contributed by atoms with Crippen molar-refractivity contribution < 1.29 is 9.59 Å². The molecule has 1 heterocycles. The summed E-state index contributed by atoms with van der Waals surface area (Å²) in [5.41, 5.74) is 1.34. The molecule has 0 aliphatic carbocycles. The molecular formula is C15H16Cl2N2O2. The van der Waals surface area contributed by atoms with Crippen LogP contribution in [-0.2, 0) is 4.79 Å². The first kappa shape index (κ1) is 16.0. The Balaban J connectivity index is 2.27. The van der Waals surface area contributed by atoms with Gasteiger partial charge in [-0.25, -0.2) is 0 Å². The standard InChI is InChI=1S/C15H16Cl2N2O2/c1-8(2)18-6-9(3)7-19-13-11(17)5-4-10(16)12(13)14(20)15(19)21/h4-5,8,18H,3,6-7H2,1-2H3. The second kappa shape index (κ2) is 6.18. The van der Waals surface area contributed by atoms with E-state index >= 15 is 0 Å².